The molecule has 0 bridgehead atoms. The lowest BCUT2D eigenvalue weighted by Crippen LogP contribution is -2.36. The van der Waals surface area contributed by atoms with Gasteiger partial charge in [0.05, 0.1) is 11.7 Å². The summed E-state index contributed by atoms with van der Waals surface area (Å²) in [6.07, 6.45) is 2.62. The van der Waals surface area contributed by atoms with Gasteiger partial charge < -0.3 is 20.5 Å². The highest BCUT2D eigenvalue weighted by atomic mass is 35.5. The summed E-state index contributed by atoms with van der Waals surface area (Å²) in [6.45, 7) is 1.09. The van der Waals surface area contributed by atoms with Crippen LogP contribution in [-0.2, 0) is 4.79 Å². The smallest absolute Gasteiger partial charge is 0.242 e. The number of ether oxygens (including phenoxy) is 2. The Balaban J connectivity index is 0.00000243. The second-order valence-corrected chi connectivity index (χ2v) is 6.63. The summed E-state index contributed by atoms with van der Waals surface area (Å²) in [5, 5.41) is 2.78. The number of carbonyl (C=O) groups excluding carboxylic acids is 1. The van der Waals surface area contributed by atoms with Gasteiger partial charge in [-0.1, -0.05) is 6.07 Å². The molecule has 3 N–H and O–H groups in total. The van der Waals surface area contributed by atoms with Crippen LogP contribution in [0.4, 0.5) is 5.82 Å². The van der Waals surface area contributed by atoms with Crippen molar-refractivity contribution in [3.63, 3.8) is 0 Å². The van der Waals surface area contributed by atoms with Gasteiger partial charge in [-0.2, -0.15) is 11.8 Å². The number of nitrogens with one attached hydrogen (secondary N) is 1. The lowest BCUT2D eigenvalue weighted by atomic mass is 10.1. The lowest BCUT2D eigenvalue weighted by molar-refractivity contribution is -0.117. The van der Waals surface area contributed by atoms with E-state index in [4.69, 9.17) is 15.2 Å². The quantitative estimate of drug-likeness (QED) is 0.782. The van der Waals surface area contributed by atoms with Crippen LogP contribution in [0.3, 0.4) is 0 Å². The third-order valence-electron chi connectivity index (χ3n) is 3.81. The van der Waals surface area contributed by atoms with Crippen molar-refractivity contribution in [1.82, 2.24) is 4.98 Å². The fourth-order valence-corrected chi connectivity index (χ4v) is 2.95. The van der Waals surface area contributed by atoms with Gasteiger partial charge in [-0.25, -0.2) is 4.98 Å². The Kier molecular flexibility index (Phi) is 7.56. The van der Waals surface area contributed by atoms with E-state index in [1.54, 1.807) is 17.8 Å². The number of nitrogens with zero attached hydrogens (tertiary/aromatic N) is 1. The first-order valence-corrected chi connectivity index (χ1v) is 9.49. The normalized spacial score (nSPS) is 13.5. The second-order valence-electron chi connectivity index (χ2n) is 5.64. The highest BCUT2D eigenvalue weighted by Gasteiger charge is 2.15. The van der Waals surface area contributed by atoms with Crippen molar-refractivity contribution in [3.05, 3.63) is 36.4 Å². The molecule has 0 saturated heterocycles. The van der Waals surface area contributed by atoms with Crippen LogP contribution in [0.25, 0.3) is 11.3 Å². The lowest BCUT2D eigenvalue weighted by Gasteiger charge is -2.19. The van der Waals surface area contributed by atoms with E-state index in [1.165, 1.54) is 0 Å². The zero-order chi connectivity index (χ0) is 17.6. The highest BCUT2D eigenvalue weighted by Crippen LogP contribution is 2.34. The molecule has 0 fully saturated rings. The summed E-state index contributed by atoms with van der Waals surface area (Å²) in [7, 11) is 0. The molecule has 8 heteroatoms. The minimum atomic E-state index is -0.535. The molecule has 0 aliphatic carbocycles. The number of halogens is 1. The largest absolute Gasteiger partial charge is 0.486 e. The molecule has 1 aliphatic rings. The molecule has 1 amide bonds. The first-order valence-electron chi connectivity index (χ1n) is 8.10. The molecule has 0 unspecified atom stereocenters. The Bertz CT molecular complexity index is 760. The van der Waals surface area contributed by atoms with Gasteiger partial charge in [-0.05, 0) is 48.8 Å². The fourth-order valence-electron chi connectivity index (χ4n) is 2.46. The minimum absolute atomic E-state index is 0. The molecular weight excluding hydrogens is 374 g/mol. The van der Waals surface area contributed by atoms with Gasteiger partial charge in [0.2, 0.25) is 5.91 Å². The Labute approximate surface area is 163 Å². The predicted molar refractivity (Wildman–Crippen MR) is 108 cm³/mol. The molecule has 1 aromatic heterocycles. The van der Waals surface area contributed by atoms with Crippen LogP contribution in [0.2, 0.25) is 0 Å². The first-order chi connectivity index (χ1) is 12.2. The maximum Gasteiger partial charge on any atom is 0.242 e. The van der Waals surface area contributed by atoms with E-state index in [9.17, 15) is 4.79 Å². The number of anilines is 1. The molecule has 0 radical (unpaired) electrons. The standard InChI is InChI=1S/C18H21N3O3S.ClH/c1-25-10-7-13(19)18(22)21-17-4-2-3-14(20-17)12-5-6-15-16(11-12)24-9-8-23-15;/h2-6,11,13H,7-10,19H2,1H3,(H,20,21,22);1H/t13-;/m0./s1. The topological polar surface area (TPSA) is 86.5 Å². The molecule has 3 rings (SSSR count). The number of benzene rings is 1. The molecular formula is C18H22ClN3O3S. The van der Waals surface area contributed by atoms with Crippen LogP contribution >= 0.6 is 24.2 Å². The number of amides is 1. The highest BCUT2D eigenvalue weighted by molar-refractivity contribution is 7.98. The van der Waals surface area contributed by atoms with Crippen LogP contribution in [0.5, 0.6) is 11.5 Å². The van der Waals surface area contributed by atoms with Crippen molar-refractivity contribution >= 4 is 35.9 Å². The molecule has 2 aromatic rings. The molecule has 6 nitrogen and oxygen atoms in total. The molecule has 2 heterocycles. The zero-order valence-corrected chi connectivity index (χ0v) is 16.1. The summed E-state index contributed by atoms with van der Waals surface area (Å²) < 4.78 is 11.1. The van der Waals surface area contributed by atoms with E-state index in [0.29, 0.717) is 31.2 Å². The number of pyridine rings is 1. The first kappa shape index (κ1) is 20.4. The van der Waals surface area contributed by atoms with Gasteiger partial charge >= 0.3 is 0 Å². The van der Waals surface area contributed by atoms with Gasteiger partial charge in [0.25, 0.3) is 0 Å². The number of aromatic nitrogens is 1. The fraction of sp³-hybridized carbons (Fsp3) is 0.333. The molecule has 1 atom stereocenters. The number of nitrogens with two attached hydrogens (primary N) is 1. The molecule has 1 aliphatic heterocycles. The van der Waals surface area contributed by atoms with Crippen molar-refractivity contribution in [2.75, 3.05) is 30.5 Å². The van der Waals surface area contributed by atoms with Gasteiger partial charge in [0.15, 0.2) is 11.5 Å². The van der Waals surface area contributed by atoms with Crippen molar-refractivity contribution in [1.29, 1.82) is 0 Å². The van der Waals surface area contributed by atoms with Crippen molar-refractivity contribution in [3.8, 4) is 22.8 Å². The van der Waals surface area contributed by atoms with E-state index in [0.717, 1.165) is 22.8 Å². The van der Waals surface area contributed by atoms with E-state index in [-0.39, 0.29) is 18.3 Å². The van der Waals surface area contributed by atoms with Crippen LogP contribution in [0, 0.1) is 0 Å². The zero-order valence-electron chi connectivity index (χ0n) is 14.4. The van der Waals surface area contributed by atoms with Crippen LogP contribution in [0.15, 0.2) is 36.4 Å². The van der Waals surface area contributed by atoms with Gasteiger partial charge in [-0.15, -0.1) is 12.4 Å². The molecule has 0 saturated carbocycles. The molecule has 1 aromatic carbocycles. The maximum atomic E-state index is 12.1. The van der Waals surface area contributed by atoms with E-state index >= 15 is 0 Å². The minimum Gasteiger partial charge on any atom is -0.486 e. The molecule has 26 heavy (non-hydrogen) atoms. The summed E-state index contributed by atoms with van der Waals surface area (Å²) in [5.74, 6) is 2.55. The Morgan fingerprint density at radius 1 is 1.27 bits per heavy atom. The molecule has 0 spiro atoms. The van der Waals surface area contributed by atoms with Crippen LogP contribution < -0.4 is 20.5 Å². The third kappa shape index (κ3) is 5.03. The summed E-state index contributed by atoms with van der Waals surface area (Å²) in [5.41, 5.74) is 7.53. The third-order valence-corrected chi connectivity index (χ3v) is 4.45. The van der Waals surface area contributed by atoms with Crippen molar-refractivity contribution in [2.45, 2.75) is 12.5 Å². The summed E-state index contributed by atoms with van der Waals surface area (Å²) in [4.78, 5) is 16.6. The summed E-state index contributed by atoms with van der Waals surface area (Å²) in [6, 6.07) is 10.6. The number of hydrogen-bond donors (Lipinski definition) is 2. The van der Waals surface area contributed by atoms with E-state index in [1.807, 2.05) is 36.6 Å². The number of fused-ring (bicyclic) bond motifs is 1. The Morgan fingerprint density at radius 3 is 2.81 bits per heavy atom. The average molecular weight is 396 g/mol. The van der Waals surface area contributed by atoms with Crippen molar-refractivity contribution in [2.24, 2.45) is 5.73 Å². The van der Waals surface area contributed by atoms with Gasteiger partial charge in [0.1, 0.15) is 19.0 Å². The Hall–Kier alpha value is -1.96. The predicted octanol–water partition coefficient (Wildman–Crippen LogP) is 2.96. The second kappa shape index (κ2) is 9.66. The molecule has 140 valence electrons. The van der Waals surface area contributed by atoms with E-state index < -0.39 is 6.04 Å². The van der Waals surface area contributed by atoms with Crippen LogP contribution in [0.1, 0.15) is 6.42 Å². The SMILES string of the molecule is CSCC[C@H](N)C(=O)Nc1cccc(-c2ccc3c(c2)OCCO3)n1.Cl. The number of thioether (sulfide) groups is 1. The number of hydrogen-bond acceptors (Lipinski definition) is 6. The summed E-state index contributed by atoms with van der Waals surface area (Å²) >= 11 is 1.67. The number of carbonyl (C=O) groups is 1. The van der Waals surface area contributed by atoms with Crippen LogP contribution in [-0.4, -0.2) is 42.2 Å². The average Bonchev–Trinajstić information content (AvgIpc) is 2.65. The number of rotatable bonds is 6. The van der Waals surface area contributed by atoms with Gasteiger partial charge in [0, 0.05) is 5.56 Å². The van der Waals surface area contributed by atoms with Gasteiger partial charge in [-0.3, -0.25) is 4.79 Å². The maximum absolute atomic E-state index is 12.1. The Morgan fingerprint density at radius 2 is 2.04 bits per heavy atom. The van der Waals surface area contributed by atoms with E-state index in [2.05, 4.69) is 10.3 Å². The van der Waals surface area contributed by atoms with Crippen molar-refractivity contribution < 1.29 is 14.3 Å². The monoisotopic (exact) mass is 395 g/mol.